The van der Waals surface area contributed by atoms with Crippen LogP contribution in [0.4, 0.5) is 4.79 Å². The molecule has 0 spiro atoms. The largest absolute Gasteiger partial charge is 0.458 e. The molecule has 0 aromatic carbocycles. The lowest BCUT2D eigenvalue weighted by Gasteiger charge is -2.44. The standard InChI is InChI=1S/C26H44N2O8/c1-9-20-26(6)19(27-25(32)36-26)12-18(29)13(2)10-14(3)22(16(5)23(31)34-20)35-24-21(30)17(28(7)8)11-15(4)33-24/h13-17,19-22,24,30H,9-12H2,1-8H3,(H,27,32)/t13-,14+,15-,16-,17+,19-,20?,21-,22?,24+,26+/m1/s1. The van der Waals surface area contributed by atoms with Crippen LogP contribution in [-0.4, -0.2) is 90.3 Å². The highest BCUT2D eigenvalue weighted by molar-refractivity contribution is 5.83. The average Bonchev–Trinajstić information content (AvgIpc) is 3.09. The Balaban J connectivity index is 1.91. The number of Topliss-reactive ketones (excluding diaryl/α,β-unsaturated/α-hetero) is 1. The third-order valence-corrected chi connectivity index (χ3v) is 8.24. The number of ketones is 1. The van der Waals surface area contributed by atoms with Crippen LogP contribution < -0.4 is 5.32 Å². The summed E-state index contributed by atoms with van der Waals surface area (Å²) in [5.74, 6) is -1.75. The molecule has 3 saturated heterocycles. The molecule has 2 unspecified atom stereocenters. The highest BCUT2D eigenvalue weighted by Crippen LogP contribution is 2.36. The molecule has 0 radical (unpaired) electrons. The fourth-order valence-electron chi connectivity index (χ4n) is 5.90. The SMILES string of the molecule is CCC1OC(=O)[C@H](C)C(O[C@@H]2O[C@H](C)C[C@H](N(C)C)[C@H]2O)[C@@H](C)C[C@@H](C)C(=O)C[C@H]2NC(=O)O[C@]12C. The van der Waals surface area contributed by atoms with Crippen LogP contribution in [0.25, 0.3) is 0 Å². The molecule has 0 aliphatic carbocycles. The normalized spacial score (nSPS) is 44.7. The summed E-state index contributed by atoms with van der Waals surface area (Å²) in [5.41, 5.74) is -1.17. The lowest BCUT2D eigenvalue weighted by atomic mass is 9.80. The first-order valence-electron chi connectivity index (χ1n) is 13.2. The monoisotopic (exact) mass is 512 g/mol. The number of nitrogens with zero attached hydrogens (tertiary/aromatic N) is 1. The smallest absolute Gasteiger partial charge is 0.408 e. The minimum absolute atomic E-state index is 0.00715. The zero-order chi connectivity index (χ0) is 26.9. The summed E-state index contributed by atoms with van der Waals surface area (Å²) >= 11 is 0. The van der Waals surface area contributed by atoms with Crippen molar-refractivity contribution in [1.82, 2.24) is 10.2 Å². The lowest BCUT2D eigenvalue weighted by molar-refractivity contribution is -0.279. The Labute approximate surface area is 214 Å². The Morgan fingerprint density at radius 2 is 1.81 bits per heavy atom. The Hall–Kier alpha value is -1.75. The van der Waals surface area contributed by atoms with Gasteiger partial charge < -0.3 is 34.3 Å². The summed E-state index contributed by atoms with van der Waals surface area (Å²) in [6, 6.07) is -0.751. The van der Waals surface area contributed by atoms with Gasteiger partial charge in [0.25, 0.3) is 0 Å². The number of likely N-dealkylation sites (N-methyl/N-ethyl adjacent to an activating group) is 1. The molecule has 206 valence electrons. The van der Waals surface area contributed by atoms with Gasteiger partial charge in [-0.15, -0.1) is 0 Å². The number of aliphatic hydroxyl groups excluding tert-OH is 1. The number of carbonyl (C=O) groups excluding carboxylic acids is 3. The topological polar surface area (TPSA) is 124 Å². The first-order valence-corrected chi connectivity index (χ1v) is 13.2. The van der Waals surface area contributed by atoms with Gasteiger partial charge in [-0.1, -0.05) is 20.8 Å². The van der Waals surface area contributed by atoms with Crippen molar-refractivity contribution in [1.29, 1.82) is 0 Å². The van der Waals surface area contributed by atoms with Gasteiger partial charge in [-0.05, 0) is 60.0 Å². The number of cyclic esters (lactones) is 1. The molecule has 10 heteroatoms. The van der Waals surface area contributed by atoms with E-state index in [4.69, 9.17) is 18.9 Å². The average molecular weight is 513 g/mol. The number of esters is 1. The van der Waals surface area contributed by atoms with Crippen LogP contribution in [0.5, 0.6) is 0 Å². The van der Waals surface area contributed by atoms with Crippen LogP contribution in [-0.2, 0) is 28.5 Å². The van der Waals surface area contributed by atoms with Crippen LogP contribution in [0.15, 0.2) is 0 Å². The molecule has 3 aliphatic heterocycles. The number of amides is 1. The molecule has 1 amide bonds. The van der Waals surface area contributed by atoms with Gasteiger partial charge in [0.1, 0.15) is 18.0 Å². The second-order valence-corrected chi connectivity index (χ2v) is 11.4. The molecule has 2 N–H and O–H groups in total. The Kier molecular flexibility index (Phi) is 9.07. The van der Waals surface area contributed by atoms with Gasteiger partial charge >= 0.3 is 12.1 Å². The van der Waals surface area contributed by atoms with E-state index < -0.39 is 54.2 Å². The van der Waals surface area contributed by atoms with Gasteiger partial charge in [0.2, 0.25) is 0 Å². The Morgan fingerprint density at radius 1 is 1.14 bits per heavy atom. The van der Waals surface area contributed by atoms with E-state index in [-0.39, 0.29) is 36.2 Å². The van der Waals surface area contributed by atoms with E-state index in [0.29, 0.717) is 19.3 Å². The van der Waals surface area contributed by atoms with Crippen molar-refractivity contribution in [2.24, 2.45) is 17.8 Å². The molecule has 0 saturated carbocycles. The molecule has 3 aliphatic rings. The molecule has 0 aromatic rings. The highest BCUT2D eigenvalue weighted by Gasteiger charge is 2.54. The molecular formula is C26H44N2O8. The lowest BCUT2D eigenvalue weighted by Crippen LogP contribution is -2.56. The number of alkyl carbamates (subject to hydrolysis) is 1. The predicted molar refractivity (Wildman–Crippen MR) is 131 cm³/mol. The van der Waals surface area contributed by atoms with Crippen molar-refractivity contribution < 1.29 is 38.4 Å². The molecule has 11 atom stereocenters. The quantitative estimate of drug-likeness (QED) is 0.546. The summed E-state index contributed by atoms with van der Waals surface area (Å²) in [7, 11) is 3.80. The van der Waals surface area contributed by atoms with Crippen molar-refractivity contribution in [3.8, 4) is 0 Å². The number of fused-ring (bicyclic) bond motifs is 1. The summed E-state index contributed by atoms with van der Waals surface area (Å²) in [6.07, 6.45) is -2.40. The van der Waals surface area contributed by atoms with Crippen molar-refractivity contribution >= 4 is 17.8 Å². The van der Waals surface area contributed by atoms with Gasteiger partial charge in [-0.3, -0.25) is 9.59 Å². The third kappa shape index (κ3) is 5.87. The number of nitrogens with one attached hydrogen (secondary N) is 1. The zero-order valence-electron chi connectivity index (χ0n) is 22.9. The van der Waals surface area contributed by atoms with Crippen molar-refractivity contribution in [3.05, 3.63) is 0 Å². The number of ether oxygens (including phenoxy) is 4. The van der Waals surface area contributed by atoms with Gasteiger partial charge in [-0.2, -0.15) is 0 Å². The molecule has 3 fully saturated rings. The van der Waals surface area contributed by atoms with E-state index in [1.165, 1.54) is 0 Å². The molecule has 0 aromatic heterocycles. The van der Waals surface area contributed by atoms with Gasteiger partial charge in [0.05, 0.1) is 24.2 Å². The van der Waals surface area contributed by atoms with E-state index >= 15 is 0 Å². The highest BCUT2D eigenvalue weighted by atomic mass is 16.7. The summed E-state index contributed by atoms with van der Waals surface area (Å²) in [5, 5.41) is 13.8. The summed E-state index contributed by atoms with van der Waals surface area (Å²) < 4.78 is 23.9. The minimum Gasteiger partial charge on any atom is -0.458 e. The third-order valence-electron chi connectivity index (χ3n) is 8.24. The first kappa shape index (κ1) is 28.8. The van der Waals surface area contributed by atoms with Crippen molar-refractivity contribution in [3.63, 3.8) is 0 Å². The second kappa shape index (κ2) is 11.3. The van der Waals surface area contributed by atoms with E-state index in [9.17, 15) is 19.5 Å². The minimum atomic E-state index is -1.17. The number of hydrogen-bond donors (Lipinski definition) is 2. The molecule has 36 heavy (non-hydrogen) atoms. The maximum atomic E-state index is 13.4. The number of rotatable bonds is 4. The molecule has 3 rings (SSSR count). The zero-order valence-corrected chi connectivity index (χ0v) is 22.9. The summed E-state index contributed by atoms with van der Waals surface area (Å²) in [6.45, 7) is 11.0. The number of aliphatic hydroxyl groups is 1. The van der Waals surface area contributed by atoms with Gasteiger partial charge in [-0.25, -0.2) is 4.79 Å². The fraction of sp³-hybridized carbons (Fsp3) is 0.885. The molecule has 0 bridgehead atoms. The van der Waals surface area contributed by atoms with Gasteiger partial charge in [0, 0.05) is 18.4 Å². The van der Waals surface area contributed by atoms with Crippen LogP contribution in [0.2, 0.25) is 0 Å². The molecule has 10 nitrogen and oxygen atoms in total. The number of hydrogen-bond acceptors (Lipinski definition) is 9. The van der Waals surface area contributed by atoms with Gasteiger partial charge in [0.15, 0.2) is 11.9 Å². The Morgan fingerprint density at radius 3 is 2.42 bits per heavy atom. The summed E-state index contributed by atoms with van der Waals surface area (Å²) in [4.78, 5) is 40.7. The van der Waals surface area contributed by atoms with E-state index in [1.54, 1.807) is 13.8 Å². The number of carbonyl (C=O) groups is 3. The van der Waals surface area contributed by atoms with Crippen LogP contribution >= 0.6 is 0 Å². The van der Waals surface area contributed by atoms with E-state index in [2.05, 4.69) is 5.32 Å². The second-order valence-electron chi connectivity index (χ2n) is 11.4. The fourth-order valence-corrected chi connectivity index (χ4v) is 5.90. The van der Waals surface area contributed by atoms with Crippen molar-refractivity contribution in [2.75, 3.05) is 14.1 Å². The van der Waals surface area contributed by atoms with E-state index in [1.807, 2.05) is 46.7 Å². The van der Waals surface area contributed by atoms with Crippen LogP contribution in [0, 0.1) is 17.8 Å². The molecular weight excluding hydrogens is 468 g/mol. The van der Waals surface area contributed by atoms with Crippen LogP contribution in [0.3, 0.4) is 0 Å². The molecule has 3 heterocycles. The van der Waals surface area contributed by atoms with E-state index in [0.717, 1.165) is 0 Å². The predicted octanol–water partition coefficient (Wildman–Crippen LogP) is 2.26. The Bertz CT molecular complexity index is 822. The maximum Gasteiger partial charge on any atom is 0.408 e. The maximum absolute atomic E-state index is 13.4. The first-order chi connectivity index (χ1) is 16.8. The van der Waals surface area contributed by atoms with Crippen molar-refractivity contribution in [2.45, 2.75) is 116 Å². The van der Waals surface area contributed by atoms with Crippen LogP contribution in [0.1, 0.15) is 67.2 Å².